The largest absolute Gasteiger partial charge is 0.394 e. The second kappa shape index (κ2) is 5.10. The van der Waals surface area contributed by atoms with Crippen molar-refractivity contribution in [2.24, 2.45) is 5.92 Å². The van der Waals surface area contributed by atoms with Gasteiger partial charge in [-0.1, -0.05) is 13.8 Å². The summed E-state index contributed by atoms with van der Waals surface area (Å²) < 4.78 is 0. The predicted octanol–water partition coefficient (Wildman–Crippen LogP) is 1.14. The highest BCUT2D eigenvalue weighted by Crippen LogP contribution is 2.31. The van der Waals surface area contributed by atoms with Crippen LogP contribution in [0.5, 0.6) is 0 Å². The van der Waals surface area contributed by atoms with Gasteiger partial charge in [0, 0.05) is 18.5 Å². The van der Waals surface area contributed by atoms with Crippen molar-refractivity contribution >= 4 is 11.6 Å². The van der Waals surface area contributed by atoms with Crippen LogP contribution in [0.1, 0.15) is 31.7 Å². The molecule has 2 rings (SSSR count). The fourth-order valence-electron chi connectivity index (χ4n) is 2.56. The molecule has 0 aromatic carbocycles. The number of hydrogen-bond acceptors (Lipinski definition) is 5. The molecule has 100 valence electrons. The fourth-order valence-corrected chi connectivity index (χ4v) is 2.56. The SMILES string of the molecule is CCc1nc(N)c(C)c(N2CCC(C)C2CO)n1. The van der Waals surface area contributed by atoms with Gasteiger partial charge in [-0.3, -0.25) is 0 Å². The van der Waals surface area contributed by atoms with Crippen LogP contribution in [0.3, 0.4) is 0 Å². The summed E-state index contributed by atoms with van der Waals surface area (Å²) in [4.78, 5) is 11.0. The molecule has 0 amide bonds. The van der Waals surface area contributed by atoms with Crippen LogP contribution in [0.15, 0.2) is 0 Å². The zero-order chi connectivity index (χ0) is 13.3. The third kappa shape index (κ3) is 2.14. The highest BCUT2D eigenvalue weighted by Gasteiger charge is 2.32. The molecule has 3 N–H and O–H groups in total. The van der Waals surface area contributed by atoms with Crippen molar-refractivity contribution in [1.82, 2.24) is 9.97 Å². The maximum atomic E-state index is 9.54. The first kappa shape index (κ1) is 13.1. The van der Waals surface area contributed by atoms with Crippen LogP contribution >= 0.6 is 0 Å². The zero-order valence-corrected chi connectivity index (χ0v) is 11.3. The van der Waals surface area contributed by atoms with E-state index in [1.165, 1.54) is 0 Å². The molecule has 2 heterocycles. The van der Waals surface area contributed by atoms with Crippen molar-refractivity contribution in [2.45, 2.75) is 39.7 Å². The molecule has 1 aromatic rings. The van der Waals surface area contributed by atoms with Gasteiger partial charge in [0.2, 0.25) is 0 Å². The van der Waals surface area contributed by atoms with Crippen molar-refractivity contribution in [3.8, 4) is 0 Å². The zero-order valence-electron chi connectivity index (χ0n) is 11.3. The molecule has 1 fully saturated rings. The topological polar surface area (TPSA) is 75.3 Å². The minimum absolute atomic E-state index is 0.141. The Hall–Kier alpha value is -1.36. The average molecular weight is 250 g/mol. The van der Waals surface area contributed by atoms with Crippen molar-refractivity contribution in [2.75, 3.05) is 23.8 Å². The van der Waals surface area contributed by atoms with Gasteiger partial charge in [0.25, 0.3) is 0 Å². The molecule has 1 saturated heterocycles. The van der Waals surface area contributed by atoms with E-state index in [2.05, 4.69) is 21.8 Å². The molecule has 0 spiro atoms. The maximum absolute atomic E-state index is 9.54. The lowest BCUT2D eigenvalue weighted by Crippen LogP contribution is -2.36. The van der Waals surface area contributed by atoms with Crippen molar-refractivity contribution in [3.05, 3.63) is 11.4 Å². The summed E-state index contributed by atoms with van der Waals surface area (Å²) in [5, 5.41) is 9.54. The molecular formula is C13H22N4O. The summed E-state index contributed by atoms with van der Waals surface area (Å²) in [7, 11) is 0. The normalized spacial score (nSPS) is 23.7. The molecule has 0 aliphatic carbocycles. The average Bonchev–Trinajstić information content (AvgIpc) is 2.73. The molecule has 1 aliphatic rings. The number of aliphatic hydroxyl groups is 1. The number of aromatic nitrogens is 2. The molecule has 1 aliphatic heterocycles. The molecule has 5 heteroatoms. The van der Waals surface area contributed by atoms with E-state index in [0.29, 0.717) is 11.7 Å². The smallest absolute Gasteiger partial charge is 0.137 e. The fraction of sp³-hybridized carbons (Fsp3) is 0.692. The van der Waals surface area contributed by atoms with Crippen LogP contribution < -0.4 is 10.6 Å². The molecule has 2 atom stereocenters. The number of nitrogen functional groups attached to an aromatic ring is 1. The molecular weight excluding hydrogens is 228 g/mol. The number of hydrogen-bond donors (Lipinski definition) is 2. The molecule has 2 unspecified atom stereocenters. The molecule has 0 bridgehead atoms. The predicted molar refractivity (Wildman–Crippen MR) is 72.6 cm³/mol. The van der Waals surface area contributed by atoms with Gasteiger partial charge in [-0.05, 0) is 19.3 Å². The lowest BCUT2D eigenvalue weighted by Gasteiger charge is -2.28. The third-order valence-electron chi connectivity index (χ3n) is 3.86. The van der Waals surface area contributed by atoms with Gasteiger partial charge in [0.05, 0.1) is 12.6 Å². The van der Waals surface area contributed by atoms with Crippen molar-refractivity contribution in [3.63, 3.8) is 0 Å². The molecule has 5 nitrogen and oxygen atoms in total. The van der Waals surface area contributed by atoms with E-state index in [-0.39, 0.29) is 12.6 Å². The number of anilines is 2. The van der Waals surface area contributed by atoms with Crippen molar-refractivity contribution < 1.29 is 5.11 Å². The van der Waals surface area contributed by atoms with Crippen LogP contribution in [-0.2, 0) is 6.42 Å². The summed E-state index contributed by atoms with van der Waals surface area (Å²) in [6, 6.07) is 0.141. The number of nitrogens with two attached hydrogens (primary N) is 1. The van der Waals surface area contributed by atoms with E-state index < -0.39 is 0 Å². The number of rotatable bonds is 3. The Kier molecular flexibility index (Phi) is 3.71. The molecule has 0 saturated carbocycles. The first-order valence-electron chi connectivity index (χ1n) is 6.59. The van der Waals surface area contributed by atoms with Crippen LogP contribution in [-0.4, -0.2) is 34.3 Å². The Bertz CT molecular complexity index is 435. The van der Waals surface area contributed by atoms with Gasteiger partial charge in [0.1, 0.15) is 17.5 Å². The highest BCUT2D eigenvalue weighted by atomic mass is 16.3. The second-order valence-corrected chi connectivity index (χ2v) is 5.04. The Balaban J connectivity index is 2.41. The van der Waals surface area contributed by atoms with Crippen LogP contribution in [0.2, 0.25) is 0 Å². The Morgan fingerprint density at radius 1 is 1.44 bits per heavy atom. The monoisotopic (exact) mass is 250 g/mol. The van der Waals surface area contributed by atoms with E-state index in [1.54, 1.807) is 0 Å². The molecule has 1 aromatic heterocycles. The molecule has 18 heavy (non-hydrogen) atoms. The summed E-state index contributed by atoms with van der Waals surface area (Å²) >= 11 is 0. The van der Waals surface area contributed by atoms with Crippen LogP contribution in [0.4, 0.5) is 11.6 Å². The minimum Gasteiger partial charge on any atom is -0.394 e. The van der Waals surface area contributed by atoms with E-state index in [0.717, 1.165) is 36.6 Å². The van der Waals surface area contributed by atoms with Crippen molar-refractivity contribution in [1.29, 1.82) is 0 Å². The van der Waals surface area contributed by atoms with Crippen LogP contribution in [0.25, 0.3) is 0 Å². The maximum Gasteiger partial charge on any atom is 0.137 e. The lowest BCUT2D eigenvalue weighted by atomic mass is 10.0. The standard InChI is InChI=1S/C13H22N4O/c1-4-11-15-12(14)9(3)13(16-11)17-6-5-8(2)10(17)7-18/h8,10,18H,4-7H2,1-3H3,(H2,14,15,16). The summed E-state index contributed by atoms with van der Waals surface area (Å²) in [5.41, 5.74) is 6.86. The van der Waals surface area contributed by atoms with Gasteiger partial charge in [0.15, 0.2) is 0 Å². The Labute approximate surface area is 108 Å². The van der Waals surface area contributed by atoms with E-state index in [9.17, 15) is 5.11 Å². The second-order valence-electron chi connectivity index (χ2n) is 5.04. The first-order chi connectivity index (χ1) is 8.58. The molecule has 0 radical (unpaired) electrons. The summed E-state index contributed by atoms with van der Waals surface area (Å²) in [6.07, 6.45) is 1.85. The Morgan fingerprint density at radius 2 is 2.17 bits per heavy atom. The van der Waals surface area contributed by atoms with Crippen LogP contribution in [0, 0.1) is 12.8 Å². The lowest BCUT2D eigenvalue weighted by molar-refractivity contribution is 0.244. The van der Waals surface area contributed by atoms with Gasteiger partial charge >= 0.3 is 0 Å². The summed E-state index contributed by atoms with van der Waals surface area (Å²) in [5.74, 6) is 2.69. The van der Waals surface area contributed by atoms with Gasteiger partial charge in [-0.15, -0.1) is 0 Å². The number of aryl methyl sites for hydroxylation is 1. The van der Waals surface area contributed by atoms with Gasteiger partial charge < -0.3 is 15.7 Å². The highest BCUT2D eigenvalue weighted by molar-refractivity contribution is 5.57. The van der Waals surface area contributed by atoms with Gasteiger partial charge in [-0.2, -0.15) is 0 Å². The van der Waals surface area contributed by atoms with E-state index in [4.69, 9.17) is 5.73 Å². The number of aliphatic hydroxyl groups excluding tert-OH is 1. The third-order valence-corrected chi connectivity index (χ3v) is 3.86. The Morgan fingerprint density at radius 3 is 2.78 bits per heavy atom. The first-order valence-corrected chi connectivity index (χ1v) is 6.59. The minimum atomic E-state index is 0.141. The quantitative estimate of drug-likeness (QED) is 0.841. The summed E-state index contributed by atoms with van der Waals surface area (Å²) in [6.45, 7) is 7.21. The van der Waals surface area contributed by atoms with E-state index in [1.807, 2.05) is 13.8 Å². The van der Waals surface area contributed by atoms with E-state index >= 15 is 0 Å². The number of nitrogens with zero attached hydrogens (tertiary/aromatic N) is 3. The van der Waals surface area contributed by atoms with Gasteiger partial charge in [-0.25, -0.2) is 9.97 Å².